The molecule has 0 aliphatic rings. The summed E-state index contributed by atoms with van der Waals surface area (Å²) in [5.74, 6) is 1.11. The highest BCUT2D eigenvalue weighted by Gasteiger charge is 2.11. The number of hydrogen-bond donors (Lipinski definition) is 1. The maximum absolute atomic E-state index is 6.20. The molecule has 0 saturated heterocycles. The average molecular weight is 374 g/mol. The van der Waals surface area contributed by atoms with E-state index < -0.39 is 0 Å². The van der Waals surface area contributed by atoms with E-state index in [-0.39, 0.29) is 0 Å². The molecule has 1 aromatic heterocycles. The maximum Gasteiger partial charge on any atom is 0.249 e. The Morgan fingerprint density at radius 1 is 1.04 bits per heavy atom. The summed E-state index contributed by atoms with van der Waals surface area (Å²) in [5.41, 5.74) is 1.84. The number of halogens is 2. The minimum Gasteiger partial charge on any atom is -0.351 e. The van der Waals surface area contributed by atoms with Gasteiger partial charge in [0.25, 0.3) is 0 Å². The van der Waals surface area contributed by atoms with Gasteiger partial charge in [-0.15, -0.1) is 5.10 Å². The van der Waals surface area contributed by atoms with Crippen molar-refractivity contribution in [1.82, 2.24) is 15.2 Å². The molecule has 3 aromatic rings. The molecule has 128 valence electrons. The Hall–Kier alpha value is -2.37. The molecule has 25 heavy (non-hydrogen) atoms. The van der Waals surface area contributed by atoms with Crippen LogP contribution in [0.5, 0.6) is 0 Å². The van der Waals surface area contributed by atoms with Crippen LogP contribution in [0.3, 0.4) is 0 Å². The molecule has 0 spiro atoms. The number of nitrogens with one attached hydrogen (secondary N) is 1. The molecule has 0 aliphatic heterocycles. The van der Waals surface area contributed by atoms with Gasteiger partial charge in [-0.05, 0) is 24.6 Å². The first kappa shape index (κ1) is 17.5. The molecular formula is C18H17Cl2N5. The van der Waals surface area contributed by atoms with Crippen molar-refractivity contribution in [1.29, 1.82) is 0 Å². The van der Waals surface area contributed by atoms with Crippen molar-refractivity contribution in [2.75, 3.05) is 16.8 Å². The Labute approximate surface area is 156 Å². The molecule has 7 heteroatoms. The third-order valence-corrected chi connectivity index (χ3v) is 4.49. The number of rotatable bonds is 6. The molecule has 0 radical (unpaired) electrons. The molecular weight excluding hydrogens is 357 g/mol. The quantitative estimate of drug-likeness (QED) is 0.662. The van der Waals surface area contributed by atoms with Gasteiger partial charge in [-0.2, -0.15) is 10.1 Å². The second-order valence-electron chi connectivity index (χ2n) is 5.36. The van der Waals surface area contributed by atoms with E-state index in [1.807, 2.05) is 30.3 Å². The van der Waals surface area contributed by atoms with Crippen molar-refractivity contribution in [3.63, 3.8) is 0 Å². The third kappa shape index (κ3) is 4.38. The zero-order valence-electron chi connectivity index (χ0n) is 13.7. The lowest BCUT2D eigenvalue weighted by atomic mass is 10.2. The van der Waals surface area contributed by atoms with Crippen LogP contribution in [0, 0.1) is 0 Å². The van der Waals surface area contributed by atoms with Gasteiger partial charge in [-0.1, -0.05) is 59.6 Å². The molecule has 5 nitrogen and oxygen atoms in total. The van der Waals surface area contributed by atoms with Crippen molar-refractivity contribution < 1.29 is 0 Å². The van der Waals surface area contributed by atoms with Gasteiger partial charge in [0.15, 0.2) is 5.82 Å². The van der Waals surface area contributed by atoms with Gasteiger partial charge >= 0.3 is 0 Å². The molecule has 1 heterocycles. The van der Waals surface area contributed by atoms with E-state index in [0.29, 0.717) is 21.7 Å². The molecule has 0 bridgehead atoms. The van der Waals surface area contributed by atoms with Crippen LogP contribution in [0.4, 0.5) is 17.5 Å². The van der Waals surface area contributed by atoms with Gasteiger partial charge in [-0.25, -0.2) is 0 Å². The molecule has 0 atom stereocenters. The summed E-state index contributed by atoms with van der Waals surface area (Å²) in [7, 11) is 0. The largest absolute Gasteiger partial charge is 0.351 e. The summed E-state index contributed by atoms with van der Waals surface area (Å²) in [6.45, 7) is 3.62. The van der Waals surface area contributed by atoms with E-state index in [1.165, 1.54) is 5.56 Å². The SMILES string of the molecule is CCN(Cc1ccccc1)c1cnnc(Nc2cccc(Cl)c2Cl)n1. The third-order valence-electron chi connectivity index (χ3n) is 3.67. The lowest BCUT2D eigenvalue weighted by molar-refractivity contribution is 0.798. The van der Waals surface area contributed by atoms with Crippen LogP contribution in [-0.2, 0) is 6.54 Å². The fourth-order valence-electron chi connectivity index (χ4n) is 2.38. The van der Waals surface area contributed by atoms with Crippen LogP contribution in [0.25, 0.3) is 0 Å². The van der Waals surface area contributed by atoms with Crippen molar-refractivity contribution in [3.8, 4) is 0 Å². The van der Waals surface area contributed by atoms with Gasteiger partial charge < -0.3 is 10.2 Å². The summed E-state index contributed by atoms with van der Waals surface area (Å²) in [5, 5.41) is 12.0. The van der Waals surface area contributed by atoms with E-state index in [9.17, 15) is 0 Å². The average Bonchev–Trinajstić information content (AvgIpc) is 2.64. The fraction of sp³-hybridized carbons (Fsp3) is 0.167. The van der Waals surface area contributed by atoms with E-state index in [4.69, 9.17) is 23.2 Å². The lowest BCUT2D eigenvalue weighted by Crippen LogP contribution is -2.23. The van der Waals surface area contributed by atoms with Gasteiger partial charge in [0, 0.05) is 13.1 Å². The minimum atomic E-state index is 0.369. The minimum absolute atomic E-state index is 0.369. The molecule has 1 N–H and O–H groups in total. The smallest absolute Gasteiger partial charge is 0.249 e. The first-order valence-electron chi connectivity index (χ1n) is 7.87. The molecule has 0 saturated carbocycles. The van der Waals surface area contributed by atoms with Gasteiger partial charge in [0.1, 0.15) is 0 Å². The first-order chi connectivity index (χ1) is 12.2. The van der Waals surface area contributed by atoms with Crippen molar-refractivity contribution in [2.24, 2.45) is 0 Å². The topological polar surface area (TPSA) is 53.9 Å². The van der Waals surface area contributed by atoms with Crippen LogP contribution >= 0.6 is 23.2 Å². The van der Waals surface area contributed by atoms with E-state index >= 15 is 0 Å². The van der Waals surface area contributed by atoms with E-state index in [0.717, 1.165) is 18.9 Å². The number of benzene rings is 2. The normalized spacial score (nSPS) is 10.5. The maximum atomic E-state index is 6.20. The Bertz CT molecular complexity index is 842. The zero-order valence-corrected chi connectivity index (χ0v) is 15.2. The summed E-state index contributed by atoms with van der Waals surface area (Å²) in [4.78, 5) is 6.67. The lowest BCUT2D eigenvalue weighted by Gasteiger charge is -2.21. The Morgan fingerprint density at radius 3 is 2.60 bits per heavy atom. The molecule has 0 unspecified atom stereocenters. The molecule has 3 rings (SSSR count). The molecule has 2 aromatic carbocycles. The van der Waals surface area contributed by atoms with Crippen LogP contribution in [0.15, 0.2) is 54.7 Å². The highest BCUT2D eigenvalue weighted by atomic mass is 35.5. The van der Waals surface area contributed by atoms with Crippen molar-refractivity contribution >= 4 is 40.7 Å². The molecule has 0 aliphatic carbocycles. The van der Waals surface area contributed by atoms with Crippen LogP contribution in [-0.4, -0.2) is 21.7 Å². The van der Waals surface area contributed by atoms with Crippen molar-refractivity contribution in [2.45, 2.75) is 13.5 Å². The molecule has 0 amide bonds. The second kappa shape index (κ2) is 8.14. The van der Waals surface area contributed by atoms with Crippen molar-refractivity contribution in [3.05, 3.63) is 70.3 Å². The van der Waals surface area contributed by atoms with Crippen LogP contribution < -0.4 is 10.2 Å². The standard InChI is InChI=1S/C18H17Cl2N5/c1-2-25(12-13-7-4-3-5-8-13)16-11-21-24-18(23-16)22-15-10-6-9-14(19)17(15)20/h3-11H,2,12H2,1H3,(H,22,23,24). The Balaban J connectivity index is 1.81. The number of aromatic nitrogens is 3. The van der Waals surface area contributed by atoms with Crippen LogP contribution in [0.2, 0.25) is 10.0 Å². The van der Waals surface area contributed by atoms with Gasteiger partial charge in [0.05, 0.1) is 21.9 Å². The monoisotopic (exact) mass is 373 g/mol. The first-order valence-corrected chi connectivity index (χ1v) is 8.62. The van der Waals surface area contributed by atoms with Gasteiger partial charge in [-0.3, -0.25) is 0 Å². The number of anilines is 3. The molecule has 0 fully saturated rings. The summed E-state index contributed by atoms with van der Waals surface area (Å²) >= 11 is 12.2. The zero-order chi connectivity index (χ0) is 17.6. The highest BCUT2D eigenvalue weighted by molar-refractivity contribution is 6.43. The fourth-order valence-corrected chi connectivity index (χ4v) is 2.73. The number of nitrogens with zero attached hydrogens (tertiary/aromatic N) is 4. The van der Waals surface area contributed by atoms with E-state index in [2.05, 4.69) is 44.5 Å². The predicted octanol–water partition coefficient (Wildman–Crippen LogP) is 4.95. The predicted molar refractivity (Wildman–Crippen MR) is 103 cm³/mol. The Morgan fingerprint density at radius 2 is 1.84 bits per heavy atom. The Kier molecular flexibility index (Phi) is 5.68. The van der Waals surface area contributed by atoms with Crippen LogP contribution in [0.1, 0.15) is 12.5 Å². The van der Waals surface area contributed by atoms with Gasteiger partial charge in [0.2, 0.25) is 5.95 Å². The summed E-state index contributed by atoms with van der Waals surface area (Å²) < 4.78 is 0. The summed E-state index contributed by atoms with van der Waals surface area (Å²) in [6, 6.07) is 15.6. The highest BCUT2D eigenvalue weighted by Crippen LogP contribution is 2.31. The summed E-state index contributed by atoms with van der Waals surface area (Å²) in [6.07, 6.45) is 1.65. The number of hydrogen-bond acceptors (Lipinski definition) is 5. The van der Waals surface area contributed by atoms with E-state index in [1.54, 1.807) is 12.3 Å². The second-order valence-corrected chi connectivity index (χ2v) is 6.15.